The molecular formula is C19H23NO5. The second kappa shape index (κ2) is 7.79. The SMILES string of the molecule is COc1cc(C(=O)Nc2cc(C)cc(C)c2OC)cc(OC)c1OC. The zero-order chi connectivity index (χ0) is 18.6. The molecule has 2 aromatic rings. The van der Waals surface area contributed by atoms with Crippen LogP contribution in [-0.2, 0) is 0 Å². The van der Waals surface area contributed by atoms with Crippen molar-refractivity contribution < 1.29 is 23.7 Å². The van der Waals surface area contributed by atoms with E-state index in [0.717, 1.165) is 11.1 Å². The van der Waals surface area contributed by atoms with Crippen molar-refractivity contribution in [3.8, 4) is 23.0 Å². The van der Waals surface area contributed by atoms with Crippen LogP contribution in [0, 0.1) is 13.8 Å². The summed E-state index contributed by atoms with van der Waals surface area (Å²) in [4.78, 5) is 12.7. The maximum atomic E-state index is 12.7. The average Bonchev–Trinajstić information content (AvgIpc) is 2.59. The maximum Gasteiger partial charge on any atom is 0.256 e. The van der Waals surface area contributed by atoms with Crippen molar-refractivity contribution in [1.82, 2.24) is 0 Å². The van der Waals surface area contributed by atoms with Crippen LogP contribution < -0.4 is 24.3 Å². The van der Waals surface area contributed by atoms with E-state index in [-0.39, 0.29) is 5.91 Å². The van der Waals surface area contributed by atoms with Crippen LogP contribution in [0.15, 0.2) is 24.3 Å². The molecule has 0 saturated carbocycles. The highest BCUT2D eigenvalue weighted by molar-refractivity contribution is 6.06. The van der Waals surface area contributed by atoms with Gasteiger partial charge in [0.1, 0.15) is 5.75 Å². The molecule has 0 heterocycles. The molecule has 25 heavy (non-hydrogen) atoms. The van der Waals surface area contributed by atoms with Gasteiger partial charge in [0, 0.05) is 5.56 Å². The van der Waals surface area contributed by atoms with Crippen LogP contribution in [-0.4, -0.2) is 34.3 Å². The molecule has 2 aromatic carbocycles. The Bertz CT molecular complexity index is 761. The molecule has 134 valence electrons. The van der Waals surface area contributed by atoms with E-state index in [1.54, 1.807) is 19.2 Å². The molecular weight excluding hydrogens is 322 g/mol. The lowest BCUT2D eigenvalue weighted by Crippen LogP contribution is -2.14. The van der Waals surface area contributed by atoms with E-state index in [1.165, 1.54) is 21.3 Å². The molecule has 6 nitrogen and oxygen atoms in total. The van der Waals surface area contributed by atoms with Gasteiger partial charge in [0.15, 0.2) is 11.5 Å². The summed E-state index contributed by atoms with van der Waals surface area (Å²) in [5.41, 5.74) is 2.97. The minimum atomic E-state index is -0.303. The molecule has 0 fully saturated rings. The Balaban J connectivity index is 2.42. The van der Waals surface area contributed by atoms with Crippen LogP contribution in [0.2, 0.25) is 0 Å². The molecule has 0 aliphatic heterocycles. The summed E-state index contributed by atoms with van der Waals surface area (Å²) in [7, 11) is 6.10. The van der Waals surface area contributed by atoms with Crippen molar-refractivity contribution in [3.63, 3.8) is 0 Å². The van der Waals surface area contributed by atoms with Crippen LogP contribution >= 0.6 is 0 Å². The van der Waals surface area contributed by atoms with Gasteiger partial charge in [0.05, 0.1) is 34.1 Å². The molecule has 1 amide bonds. The molecule has 0 bridgehead atoms. The third-order valence-electron chi connectivity index (χ3n) is 3.80. The van der Waals surface area contributed by atoms with Gasteiger partial charge >= 0.3 is 0 Å². The van der Waals surface area contributed by atoms with Gasteiger partial charge < -0.3 is 24.3 Å². The first kappa shape index (κ1) is 18.4. The zero-order valence-electron chi connectivity index (χ0n) is 15.4. The van der Waals surface area contributed by atoms with Crippen molar-refractivity contribution in [1.29, 1.82) is 0 Å². The molecule has 0 aliphatic rings. The fraction of sp³-hybridized carbons (Fsp3) is 0.316. The van der Waals surface area contributed by atoms with Gasteiger partial charge in [-0.1, -0.05) is 6.07 Å². The lowest BCUT2D eigenvalue weighted by atomic mass is 10.1. The van der Waals surface area contributed by atoms with Crippen LogP contribution in [0.3, 0.4) is 0 Å². The Morgan fingerprint density at radius 1 is 0.800 bits per heavy atom. The van der Waals surface area contributed by atoms with Crippen LogP contribution in [0.5, 0.6) is 23.0 Å². The van der Waals surface area contributed by atoms with Crippen molar-refractivity contribution in [2.24, 2.45) is 0 Å². The molecule has 0 aromatic heterocycles. The number of hydrogen-bond donors (Lipinski definition) is 1. The van der Waals surface area contributed by atoms with Gasteiger partial charge in [-0.05, 0) is 43.2 Å². The summed E-state index contributed by atoms with van der Waals surface area (Å²) >= 11 is 0. The number of methoxy groups -OCH3 is 4. The third kappa shape index (κ3) is 3.79. The number of ether oxygens (including phenoxy) is 4. The van der Waals surface area contributed by atoms with Gasteiger partial charge in [-0.25, -0.2) is 0 Å². The van der Waals surface area contributed by atoms with E-state index < -0.39 is 0 Å². The fourth-order valence-electron chi connectivity index (χ4n) is 2.72. The Kier molecular flexibility index (Phi) is 5.75. The van der Waals surface area contributed by atoms with Crippen molar-refractivity contribution in [2.45, 2.75) is 13.8 Å². The monoisotopic (exact) mass is 345 g/mol. The number of aryl methyl sites for hydroxylation is 2. The van der Waals surface area contributed by atoms with Crippen molar-refractivity contribution in [2.75, 3.05) is 33.8 Å². The predicted octanol–water partition coefficient (Wildman–Crippen LogP) is 3.59. The van der Waals surface area contributed by atoms with Gasteiger partial charge in [-0.15, -0.1) is 0 Å². The Morgan fingerprint density at radius 3 is 1.84 bits per heavy atom. The molecule has 0 atom stereocenters. The minimum Gasteiger partial charge on any atom is -0.494 e. The smallest absolute Gasteiger partial charge is 0.256 e. The fourth-order valence-corrected chi connectivity index (χ4v) is 2.72. The number of benzene rings is 2. The van der Waals surface area contributed by atoms with Crippen LogP contribution in [0.25, 0.3) is 0 Å². The van der Waals surface area contributed by atoms with E-state index in [1.807, 2.05) is 26.0 Å². The maximum absolute atomic E-state index is 12.7. The van der Waals surface area contributed by atoms with E-state index >= 15 is 0 Å². The summed E-state index contributed by atoms with van der Waals surface area (Å²) in [6.45, 7) is 3.89. The topological polar surface area (TPSA) is 66.0 Å². The molecule has 0 spiro atoms. The van der Waals surface area contributed by atoms with E-state index in [0.29, 0.717) is 34.2 Å². The highest BCUT2D eigenvalue weighted by Crippen LogP contribution is 2.38. The molecule has 1 N–H and O–H groups in total. The average molecular weight is 345 g/mol. The largest absolute Gasteiger partial charge is 0.494 e. The standard InChI is InChI=1S/C19H23NO5/c1-11-7-12(2)17(24-5)14(8-11)20-19(21)13-9-15(22-3)18(25-6)16(10-13)23-4/h7-10H,1-6H3,(H,20,21). The molecule has 0 unspecified atom stereocenters. The van der Waals surface area contributed by atoms with Gasteiger partial charge in [-0.2, -0.15) is 0 Å². The first-order valence-corrected chi connectivity index (χ1v) is 7.71. The number of carbonyl (C=O) groups is 1. The number of amides is 1. The number of carbonyl (C=O) groups excluding carboxylic acids is 1. The molecule has 0 radical (unpaired) electrons. The predicted molar refractivity (Wildman–Crippen MR) is 96.5 cm³/mol. The van der Waals surface area contributed by atoms with Gasteiger partial charge in [0.25, 0.3) is 5.91 Å². The van der Waals surface area contributed by atoms with Crippen molar-refractivity contribution >= 4 is 11.6 Å². The molecule has 0 aliphatic carbocycles. The second-order valence-corrected chi connectivity index (χ2v) is 5.53. The number of nitrogens with one attached hydrogen (secondary N) is 1. The van der Waals surface area contributed by atoms with Gasteiger partial charge in [-0.3, -0.25) is 4.79 Å². The quantitative estimate of drug-likeness (QED) is 0.867. The Hall–Kier alpha value is -2.89. The Morgan fingerprint density at radius 2 is 1.36 bits per heavy atom. The third-order valence-corrected chi connectivity index (χ3v) is 3.80. The normalized spacial score (nSPS) is 10.2. The first-order valence-electron chi connectivity index (χ1n) is 7.71. The number of hydrogen-bond acceptors (Lipinski definition) is 5. The first-order chi connectivity index (χ1) is 11.9. The number of anilines is 1. The summed E-state index contributed by atoms with van der Waals surface area (Å²) in [5.74, 6) is 1.60. The summed E-state index contributed by atoms with van der Waals surface area (Å²) in [6, 6.07) is 7.06. The van der Waals surface area contributed by atoms with E-state index in [9.17, 15) is 4.79 Å². The van der Waals surface area contributed by atoms with Gasteiger partial charge in [0.2, 0.25) is 5.75 Å². The van der Waals surface area contributed by atoms with Crippen LogP contribution in [0.4, 0.5) is 5.69 Å². The molecule has 6 heteroatoms. The second-order valence-electron chi connectivity index (χ2n) is 5.53. The molecule has 2 rings (SSSR count). The highest BCUT2D eigenvalue weighted by Gasteiger charge is 2.18. The minimum absolute atomic E-state index is 0.303. The van der Waals surface area contributed by atoms with Crippen molar-refractivity contribution in [3.05, 3.63) is 41.0 Å². The molecule has 0 saturated heterocycles. The lowest BCUT2D eigenvalue weighted by Gasteiger charge is -2.16. The summed E-state index contributed by atoms with van der Waals surface area (Å²) in [5, 5.41) is 2.88. The van der Waals surface area contributed by atoms with E-state index in [2.05, 4.69) is 5.32 Å². The zero-order valence-corrected chi connectivity index (χ0v) is 15.4. The number of rotatable bonds is 6. The van der Waals surface area contributed by atoms with Crippen LogP contribution in [0.1, 0.15) is 21.5 Å². The summed E-state index contributed by atoms with van der Waals surface area (Å²) < 4.78 is 21.3. The Labute approximate surface area is 147 Å². The lowest BCUT2D eigenvalue weighted by molar-refractivity contribution is 0.102. The summed E-state index contributed by atoms with van der Waals surface area (Å²) in [6.07, 6.45) is 0. The highest BCUT2D eigenvalue weighted by atomic mass is 16.5. The van der Waals surface area contributed by atoms with E-state index in [4.69, 9.17) is 18.9 Å².